The van der Waals surface area contributed by atoms with Gasteiger partial charge in [0, 0.05) is 13.0 Å². The van der Waals surface area contributed by atoms with Crippen molar-refractivity contribution in [2.75, 3.05) is 18.1 Å². The Bertz CT molecular complexity index is 866. The van der Waals surface area contributed by atoms with Crippen LogP contribution < -0.4 is 20.5 Å². The molecule has 1 heterocycles. The first-order valence-electron chi connectivity index (χ1n) is 8.73. The molecule has 2 aromatic carbocycles. The second-order valence-electron chi connectivity index (χ2n) is 6.22. The Morgan fingerprint density at radius 3 is 2.56 bits per heavy atom. The highest BCUT2D eigenvalue weighted by atomic mass is 16.5. The van der Waals surface area contributed by atoms with Crippen LogP contribution in [0, 0.1) is 6.92 Å². The summed E-state index contributed by atoms with van der Waals surface area (Å²) in [5.74, 6) is -0.376. The molecule has 0 aromatic heterocycles. The zero-order valence-electron chi connectivity index (χ0n) is 15.0. The van der Waals surface area contributed by atoms with Gasteiger partial charge in [0.1, 0.15) is 5.75 Å². The fourth-order valence-electron chi connectivity index (χ4n) is 2.90. The maximum Gasteiger partial charge on any atom is 0.276 e. The van der Waals surface area contributed by atoms with Crippen LogP contribution in [0.4, 0.5) is 5.69 Å². The normalized spacial score (nSPS) is 13.4. The van der Waals surface area contributed by atoms with Crippen LogP contribution in [-0.2, 0) is 9.59 Å². The van der Waals surface area contributed by atoms with Gasteiger partial charge < -0.3 is 9.64 Å². The van der Waals surface area contributed by atoms with Crippen LogP contribution in [0.1, 0.15) is 28.8 Å². The van der Waals surface area contributed by atoms with Gasteiger partial charge in [0.25, 0.3) is 11.8 Å². The van der Waals surface area contributed by atoms with Gasteiger partial charge in [-0.3, -0.25) is 25.2 Å². The van der Waals surface area contributed by atoms with Crippen LogP contribution in [0.25, 0.3) is 0 Å². The highest BCUT2D eigenvalue weighted by molar-refractivity contribution is 6.05. The number of hydrogen-bond acceptors (Lipinski definition) is 4. The molecule has 0 radical (unpaired) electrons. The molecule has 3 rings (SSSR count). The van der Waals surface area contributed by atoms with Gasteiger partial charge in [-0.05, 0) is 37.1 Å². The summed E-state index contributed by atoms with van der Waals surface area (Å²) in [5, 5.41) is 0. The molecule has 3 amide bonds. The molecule has 1 fully saturated rings. The van der Waals surface area contributed by atoms with Gasteiger partial charge in [0.15, 0.2) is 6.61 Å². The molecule has 140 valence electrons. The molecule has 0 unspecified atom stereocenters. The van der Waals surface area contributed by atoms with E-state index in [0.29, 0.717) is 30.0 Å². The van der Waals surface area contributed by atoms with E-state index in [1.54, 1.807) is 35.2 Å². The lowest BCUT2D eigenvalue weighted by Crippen LogP contribution is -2.44. The van der Waals surface area contributed by atoms with Crippen molar-refractivity contribution in [1.82, 2.24) is 10.9 Å². The summed E-state index contributed by atoms with van der Waals surface area (Å²) in [6, 6.07) is 14.2. The largest absolute Gasteiger partial charge is 0.483 e. The van der Waals surface area contributed by atoms with Gasteiger partial charge in [-0.25, -0.2) is 0 Å². The lowest BCUT2D eigenvalue weighted by molar-refractivity contribution is -0.123. The zero-order chi connectivity index (χ0) is 19.2. The van der Waals surface area contributed by atoms with E-state index in [9.17, 15) is 14.4 Å². The number of hydrogen-bond donors (Lipinski definition) is 2. The Balaban J connectivity index is 1.57. The standard InChI is InChI=1S/C20H21N3O4/c1-14-7-2-5-10-17(14)27-13-18(24)21-22-20(26)15-8-3-4-9-16(15)23-12-6-11-19(23)25/h2-5,7-10H,6,11-13H2,1H3,(H,21,24)(H,22,26). The van der Waals surface area contributed by atoms with E-state index in [1.807, 2.05) is 25.1 Å². The number of carbonyl (C=O) groups is 3. The minimum absolute atomic E-state index is 0.00841. The third-order valence-corrected chi connectivity index (χ3v) is 4.28. The molecule has 1 aliphatic heterocycles. The number of amides is 3. The van der Waals surface area contributed by atoms with Crippen LogP contribution in [0.2, 0.25) is 0 Å². The van der Waals surface area contributed by atoms with E-state index in [2.05, 4.69) is 10.9 Å². The number of carbonyl (C=O) groups excluding carboxylic acids is 3. The summed E-state index contributed by atoms with van der Waals surface area (Å²) in [4.78, 5) is 38.0. The number of para-hydroxylation sites is 2. The van der Waals surface area contributed by atoms with Crippen molar-refractivity contribution in [3.63, 3.8) is 0 Å². The van der Waals surface area contributed by atoms with E-state index in [1.165, 1.54) is 0 Å². The van der Waals surface area contributed by atoms with Crippen LogP contribution in [0.5, 0.6) is 5.75 Å². The predicted molar refractivity (Wildman–Crippen MR) is 100 cm³/mol. The summed E-state index contributed by atoms with van der Waals surface area (Å²) < 4.78 is 5.44. The number of nitrogens with one attached hydrogen (secondary N) is 2. The van der Waals surface area contributed by atoms with Crippen LogP contribution in [0.15, 0.2) is 48.5 Å². The number of benzene rings is 2. The first-order valence-corrected chi connectivity index (χ1v) is 8.73. The van der Waals surface area contributed by atoms with Crippen molar-refractivity contribution in [2.45, 2.75) is 19.8 Å². The van der Waals surface area contributed by atoms with Crippen molar-refractivity contribution in [1.29, 1.82) is 0 Å². The number of anilines is 1. The second kappa shape index (κ2) is 8.35. The highest BCUT2D eigenvalue weighted by Crippen LogP contribution is 2.25. The van der Waals surface area contributed by atoms with Gasteiger partial charge in [-0.15, -0.1) is 0 Å². The topological polar surface area (TPSA) is 87.7 Å². The molecule has 1 aliphatic rings. The van der Waals surface area contributed by atoms with Gasteiger partial charge in [-0.2, -0.15) is 0 Å². The number of ether oxygens (including phenoxy) is 1. The van der Waals surface area contributed by atoms with Crippen molar-refractivity contribution >= 4 is 23.4 Å². The van der Waals surface area contributed by atoms with Crippen molar-refractivity contribution in [2.24, 2.45) is 0 Å². The molecule has 27 heavy (non-hydrogen) atoms. The smallest absolute Gasteiger partial charge is 0.276 e. The van der Waals surface area contributed by atoms with Gasteiger partial charge in [0.2, 0.25) is 5.91 Å². The molecule has 0 atom stereocenters. The highest BCUT2D eigenvalue weighted by Gasteiger charge is 2.25. The second-order valence-corrected chi connectivity index (χ2v) is 6.22. The molecule has 2 aromatic rings. The maximum absolute atomic E-state index is 12.5. The summed E-state index contributed by atoms with van der Waals surface area (Å²) >= 11 is 0. The lowest BCUT2D eigenvalue weighted by Gasteiger charge is -2.19. The van der Waals surface area contributed by atoms with Crippen LogP contribution in [0.3, 0.4) is 0 Å². The molecule has 1 saturated heterocycles. The predicted octanol–water partition coefficient (Wildman–Crippen LogP) is 1.96. The number of rotatable bonds is 5. The molecule has 0 spiro atoms. The molecular formula is C20H21N3O4. The average molecular weight is 367 g/mol. The summed E-state index contributed by atoms with van der Waals surface area (Å²) in [5.41, 5.74) is 6.49. The number of hydrazine groups is 1. The van der Waals surface area contributed by atoms with E-state index in [-0.39, 0.29) is 12.5 Å². The third kappa shape index (κ3) is 4.44. The van der Waals surface area contributed by atoms with E-state index in [0.717, 1.165) is 12.0 Å². The number of nitrogens with zero attached hydrogens (tertiary/aromatic N) is 1. The summed E-state index contributed by atoms with van der Waals surface area (Å²) in [7, 11) is 0. The van der Waals surface area contributed by atoms with Crippen LogP contribution >= 0.6 is 0 Å². The fraction of sp³-hybridized carbons (Fsp3) is 0.250. The Morgan fingerprint density at radius 2 is 1.81 bits per heavy atom. The Morgan fingerprint density at radius 1 is 1.07 bits per heavy atom. The minimum Gasteiger partial charge on any atom is -0.483 e. The first kappa shape index (κ1) is 18.4. The SMILES string of the molecule is Cc1ccccc1OCC(=O)NNC(=O)c1ccccc1N1CCCC1=O. The minimum atomic E-state index is -0.491. The summed E-state index contributed by atoms with van der Waals surface area (Å²) in [6.07, 6.45) is 1.24. The van der Waals surface area contributed by atoms with Gasteiger partial charge >= 0.3 is 0 Å². The molecule has 7 heteroatoms. The Labute approximate surface area is 157 Å². The first-order chi connectivity index (χ1) is 13.1. The average Bonchev–Trinajstić information content (AvgIpc) is 3.11. The van der Waals surface area contributed by atoms with Gasteiger partial charge in [0.05, 0.1) is 11.3 Å². The summed E-state index contributed by atoms with van der Waals surface area (Å²) in [6.45, 7) is 2.24. The van der Waals surface area contributed by atoms with Gasteiger partial charge in [-0.1, -0.05) is 30.3 Å². The zero-order valence-corrected chi connectivity index (χ0v) is 15.0. The van der Waals surface area contributed by atoms with E-state index in [4.69, 9.17) is 4.74 Å². The quantitative estimate of drug-likeness (QED) is 0.791. The van der Waals surface area contributed by atoms with Crippen molar-refractivity contribution in [3.05, 3.63) is 59.7 Å². The maximum atomic E-state index is 12.5. The van der Waals surface area contributed by atoms with E-state index < -0.39 is 11.8 Å². The van der Waals surface area contributed by atoms with Crippen molar-refractivity contribution < 1.29 is 19.1 Å². The molecule has 0 bridgehead atoms. The Kier molecular flexibility index (Phi) is 5.71. The van der Waals surface area contributed by atoms with E-state index >= 15 is 0 Å². The fourth-order valence-corrected chi connectivity index (χ4v) is 2.90. The molecular weight excluding hydrogens is 346 g/mol. The van der Waals surface area contributed by atoms with Crippen LogP contribution in [-0.4, -0.2) is 30.9 Å². The molecule has 2 N–H and O–H groups in total. The molecule has 0 aliphatic carbocycles. The lowest BCUT2D eigenvalue weighted by atomic mass is 10.1. The molecule has 7 nitrogen and oxygen atoms in total. The third-order valence-electron chi connectivity index (χ3n) is 4.28. The monoisotopic (exact) mass is 367 g/mol. The molecule has 0 saturated carbocycles. The number of aryl methyl sites for hydroxylation is 1. The Hall–Kier alpha value is -3.35. The van der Waals surface area contributed by atoms with Crippen molar-refractivity contribution in [3.8, 4) is 5.75 Å².